The van der Waals surface area contributed by atoms with Crippen molar-refractivity contribution in [3.05, 3.63) is 45.0 Å². The summed E-state index contributed by atoms with van der Waals surface area (Å²) in [6.07, 6.45) is 5.49. The van der Waals surface area contributed by atoms with E-state index in [2.05, 4.69) is 31.2 Å². The first-order chi connectivity index (χ1) is 9.56. The monoisotopic (exact) mass is 353 g/mol. The van der Waals surface area contributed by atoms with Gasteiger partial charge in [0, 0.05) is 23.3 Å². The summed E-state index contributed by atoms with van der Waals surface area (Å²) >= 11 is 4.79. The van der Waals surface area contributed by atoms with E-state index < -0.39 is 11.9 Å². The number of carbonyl (C=O) groups is 2. The molecule has 0 bridgehead atoms. The molecule has 20 heavy (non-hydrogen) atoms. The maximum atomic E-state index is 11.7. The van der Waals surface area contributed by atoms with Gasteiger partial charge >= 0.3 is 5.97 Å². The first-order valence-electron chi connectivity index (χ1n) is 5.35. The Labute approximate surface area is 126 Å². The molecule has 0 unspecified atom stereocenters. The van der Waals surface area contributed by atoms with E-state index in [9.17, 15) is 9.59 Å². The zero-order valence-electron chi connectivity index (χ0n) is 9.91. The Bertz CT molecular complexity index is 684. The lowest BCUT2D eigenvalue weighted by Gasteiger charge is -2.03. The van der Waals surface area contributed by atoms with Gasteiger partial charge in [-0.1, -0.05) is 0 Å². The van der Waals surface area contributed by atoms with Crippen LogP contribution in [0, 0.1) is 0 Å². The number of carbonyl (C=O) groups excluding carboxylic acids is 1. The van der Waals surface area contributed by atoms with Gasteiger partial charge in [0.2, 0.25) is 5.91 Å². The van der Waals surface area contributed by atoms with Crippen LogP contribution < -0.4 is 5.32 Å². The van der Waals surface area contributed by atoms with Crippen molar-refractivity contribution in [3.63, 3.8) is 0 Å². The van der Waals surface area contributed by atoms with Crippen molar-refractivity contribution in [3.8, 4) is 0 Å². The number of amides is 1. The summed E-state index contributed by atoms with van der Waals surface area (Å²) in [6, 6.07) is 3.72. The number of hydrogen-bond donors (Lipinski definition) is 2. The molecule has 0 aromatic carbocycles. The quantitative estimate of drug-likeness (QED) is 0.824. The highest BCUT2D eigenvalue weighted by atomic mass is 79.9. The predicted octanol–water partition coefficient (Wildman–Crippen LogP) is 2.65. The molecule has 0 spiro atoms. The fourth-order valence-corrected chi connectivity index (χ4v) is 2.65. The molecule has 0 saturated heterocycles. The number of nitrogens with zero attached hydrogens (tertiary/aromatic N) is 2. The van der Waals surface area contributed by atoms with Gasteiger partial charge in [-0.05, 0) is 34.1 Å². The molecule has 2 N–H and O–H groups in total. The Morgan fingerprint density at radius 1 is 1.30 bits per heavy atom. The number of hydrogen-bond acceptors (Lipinski definition) is 5. The first-order valence-corrected chi connectivity index (χ1v) is 6.96. The second-order valence-electron chi connectivity index (χ2n) is 3.52. The zero-order valence-corrected chi connectivity index (χ0v) is 12.3. The van der Waals surface area contributed by atoms with Crippen LogP contribution in [0.2, 0.25) is 0 Å². The zero-order chi connectivity index (χ0) is 14.5. The second-order valence-corrected chi connectivity index (χ2v) is 6.02. The minimum atomic E-state index is -1.25. The van der Waals surface area contributed by atoms with Crippen molar-refractivity contribution < 1.29 is 14.7 Å². The third-order valence-electron chi connectivity index (χ3n) is 2.14. The van der Waals surface area contributed by atoms with Gasteiger partial charge in [0.05, 0.1) is 3.79 Å². The smallest absolute Gasteiger partial charge is 0.358 e. The lowest BCUT2D eigenvalue weighted by Crippen LogP contribution is -2.14. The van der Waals surface area contributed by atoms with Crippen LogP contribution in [0.5, 0.6) is 0 Å². The van der Waals surface area contributed by atoms with Gasteiger partial charge in [-0.15, -0.1) is 11.3 Å². The highest BCUT2D eigenvalue weighted by Gasteiger charge is 2.13. The highest BCUT2D eigenvalue weighted by molar-refractivity contribution is 9.11. The lowest BCUT2D eigenvalue weighted by atomic mass is 10.3. The van der Waals surface area contributed by atoms with Crippen molar-refractivity contribution in [2.24, 2.45) is 0 Å². The van der Waals surface area contributed by atoms with Crippen LogP contribution in [0.1, 0.15) is 15.4 Å². The summed E-state index contributed by atoms with van der Waals surface area (Å²) in [5, 5.41) is 11.3. The third kappa shape index (κ3) is 3.72. The van der Waals surface area contributed by atoms with E-state index in [0.29, 0.717) is 0 Å². The number of anilines is 1. The Hall–Kier alpha value is -2.06. The summed E-state index contributed by atoms with van der Waals surface area (Å²) in [5.41, 5.74) is -0.298. The van der Waals surface area contributed by atoms with Gasteiger partial charge in [-0.25, -0.2) is 14.8 Å². The van der Waals surface area contributed by atoms with E-state index >= 15 is 0 Å². The van der Waals surface area contributed by atoms with Crippen molar-refractivity contribution in [1.29, 1.82) is 0 Å². The Morgan fingerprint density at radius 2 is 2.05 bits per heavy atom. The van der Waals surface area contributed by atoms with Crippen molar-refractivity contribution >= 4 is 51.0 Å². The van der Waals surface area contributed by atoms with Gasteiger partial charge < -0.3 is 10.4 Å². The van der Waals surface area contributed by atoms with Crippen LogP contribution >= 0.6 is 27.3 Å². The van der Waals surface area contributed by atoms with Crippen LogP contribution in [0.3, 0.4) is 0 Å². The molecule has 2 heterocycles. The molecule has 102 valence electrons. The molecule has 0 aliphatic heterocycles. The van der Waals surface area contributed by atoms with Crippen molar-refractivity contribution in [1.82, 2.24) is 9.97 Å². The minimum absolute atomic E-state index is 0.0815. The SMILES string of the molecule is O=C(C=Cc1ccc(Br)s1)Nc1nccnc1C(=O)O. The van der Waals surface area contributed by atoms with E-state index in [1.165, 1.54) is 29.8 Å². The number of thiophene rings is 1. The topological polar surface area (TPSA) is 92.2 Å². The third-order valence-corrected chi connectivity index (χ3v) is 3.72. The average Bonchev–Trinajstić information content (AvgIpc) is 2.83. The van der Waals surface area contributed by atoms with Crippen molar-refractivity contribution in [2.45, 2.75) is 0 Å². The fourth-order valence-electron chi connectivity index (χ4n) is 1.32. The molecule has 0 atom stereocenters. The molecule has 6 nitrogen and oxygen atoms in total. The molecule has 8 heteroatoms. The molecule has 0 radical (unpaired) electrons. The van der Waals surface area contributed by atoms with Crippen LogP contribution in [0.15, 0.2) is 34.4 Å². The second kappa shape index (κ2) is 6.40. The summed E-state index contributed by atoms with van der Waals surface area (Å²) in [5.74, 6) is -1.81. The standard InChI is InChI=1S/C12H8BrN3O3S/c13-8-3-1-7(20-8)2-4-9(17)16-11-10(12(18)19)14-5-6-15-11/h1-6H,(H,18,19)(H,15,16,17). The molecule has 2 aromatic rings. The number of carboxylic acid groups (broad SMARTS) is 1. The van der Waals surface area contributed by atoms with Crippen LogP contribution in [0.4, 0.5) is 5.82 Å². The molecule has 0 saturated carbocycles. The molecular weight excluding hydrogens is 346 g/mol. The van der Waals surface area contributed by atoms with Gasteiger partial charge in [0.15, 0.2) is 11.5 Å². The van der Waals surface area contributed by atoms with Crippen LogP contribution in [-0.4, -0.2) is 27.0 Å². The lowest BCUT2D eigenvalue weighted by molar-refractivity contribution is -0.111. The molecule has 2 aromatic heterocycles. The number of carboxylic acids is 1. The molecule has 2 rings (SSSR count). The molecule has 0 fully saturated rings. The van der Waals surface area contributed by atoms with Crippen molar-refractivity contribution in [2.75, 3.05) is 5.32 Å². The number of aromatic nitrogens is 2. The van der Waals surface area contributed by atoms with E-state index in [1.54, 1.807) is 6.08 Å². The van der Waals surface area contributed by atoms with Gasteiger partial charge in [0.25, 0.3) is 0 Å². The minimum Gasteiger partial charge on any atom is -0.476 e. The van der Waals surface area contributed by atoms with Gasteiger partial charge in [0.1, 0.15) is 0 Å². The fraction of sp³-hybridized carbons (Fsp3) is 0. The molecule has 1 amide bonds. The molecule has 0 aliphatic carbocycles. The summed E-state index contributed by atoms with van der Waals surface area (Å²) < 4.78 is 0.958. The van der Waals surface area contributed by atoms with Crippen LogP contribution in [0.25, 0.3) is 6.08 Å². The number of halogens is 1. The Balaban J connectivity index is 2.09. The largest absolute Gasteiger partial charge is 0.476 e. The Kier molecular flexibility index (Phi) is 4.59. The van der Waals surface area contributed by atoms with Gasteiger partial charge in [-0.3, -0.25) is 4.79 Å². The first kappa shape index (κ1) is 14.4. The van der Waals surface area contributed by atoms with E-state index in [1.807, 2.05) is 12.1 Å². The number of rotatable bonds is 4. The maximum Gasteiger partial charge on any atom is 0.358 e. The normalized spacial score (nSPS) is 10.7. The molecule has 0 aliphatic rings. The van der Waals surface area contributed by atoms with Gasteiger partial charge in [-0.2, -0.15) is 0 Å². The van der Waals surface area contributed by atoms with E-state index in [0.717, 1.165) is 8.66 Å². The maximum absolute atomic E-state index is 11.7. The Morgan fingerprint density at radius 3 is 2.70 bits per heavy atom. The number of nitrogens with one attached hydrogen (secondary N) is 1. The summed E-state index contributed by atoms with van der Waals surface area (Å²) in [6.45, 7) is 0. The van der Waals surface area contributed by atoms with E-state index in [4.69, 9.17) is 5.11 Å². The predicted molar refractivity (Wildman–Crippen MR) is 78.7 cm³/mol. The summed E-state index contributed by atoms with van der Waals surface area (Å²) in [4.78, 5) is 30.9. The molecular formula is C12H8BrN3O3S. The number of aromatic carboxylic acids is 1. The average molecular weight is 354 g/mol. The summed E-state index contributed by atoms with van der Waals surface area (Å²) in [7, 11) is 0. The van der Waals surface area contributed by atoms with Crippen LogP contribution in [-0.2, 0) is 4.79 Å². The van der Waals surface area contributed by atoms with E-state index in [-0.39, 0.29) is 11.5 Å². The highest BCUT2D eigenvalue weighted by Crippen LogP contribution is 2.23.